The Kier molecular flexibility index (Phi) is 11.0. The van der Waals surface area contributed by atoms with Crippen molar-refractivity contribution in [3.8, 4) is 5.75 Å². The van der Waals surface area contributed by atoms with Crippen molar-refractivity contribution >= 4 is 63.1 Å². The molecule has 0 saturated carbocycles. The first-order chi connectivity index (χ1) is 21.7. The maximum absolute atomic E-state index is 12.1. The van der Waals surface area contributed by atoms with Gasteiger partial charge < -0.3 is 30.3 Å². The molecule has 14 heteroatoms. The molecular formula is C31H41ClN8O4S. The van der Waals surface area contributed by atoms with E-state index in [-0.39, 0.29) is 6.54 Å². The zero-order valence-electron chi connectivity index (χ0n) is 25.9. The third-order valence-corrected chi connectivity index (χ3v) is 9.62. The van der Waals surface area contributed by atoms with E-state index in [0.29, 0.717) is 34.1 Å². The molecule has 3 heterocycles. The molecule has 2 aliphatic rings. The summed E-state index contributed by atoms with van der Waals surface area (Å²) in [4.78, 5) is 26.9. The predicted molar refractivity (Wildman–Crippen MR) is 181 cm³/mol. The molecule has 5 rings (SSSR count). The second-order valence-corrected chi connectivity index (χ2v) is 13.2. The standard InChI is InChI=1S/C31H41ClN8O4S/c1-37(45(3)43)27-7-5-4-6-25(27)34-30-24(32)19-33-31(36-30)35-26-9-8-23(18-28(26)44-2)40-12-10-22(11-13-40)20-38-14-16-39(17-15-38)21-29(41)42/h4-9,18-19,22H,10-17,20-21H2,1-3H3,(H,41,42)(H2,33,34,35,36). The number of halogens is 1. The van der Waals surface area contributed by atoms with E-state index in [0.717, 1.165) is 75.7 Å². The van der Waals surface area contributed by atoms with Crippen LogP contribution in [0.4, 0.5) is 34.5 Å². The highest BCUT2D eigenvalue weighted by atomic mass is 35.5. The molecule has 0 amide bonds. The molecule has 2 aliphatic heterocycles. The lowest BCUT2D eigenvalue weighted by atomic mass is 9.95. The van der Waals surface area contributed by atoms with Crippen LogP contribution in [0.5, 0.6) is 5.75 Å². The van der Waals surface area contributed by atoms with E-state index in [1.54, 1.807) is 24.7 Å². The number of piperidine rings is 1. The number of carboxylic acids is 1. The Morgan fingerprint density at radius 1 is 1.07 bits per heavy atom. The summed E-state index contributed by atoms with van der Waals surface area (Å²) in [5.41, 5.74) is 3.30. The lowest BCUT2D eigenvalue weighted by Crippen LogP contribution is -2.49. The Morgan fingerprint density at radius 3 is 2.47 bits per heavy atom. The van der Waals surface area contributed by atoms with Gasteiger partial charge in [-0.1, -0.05) is 23.7 Å². The summed E-state index contributed by atoms with van der Waals surface area (Å²) in [5.74, 6) is 1.33. The molecule has 1 unspecified atom stereocenters. The lowest BCUT2D eigenvalue weighted by molar-refractivity contribution is -0.138. The quantitative estimate of drug-likeness (QED) is 0.259. The fraction of sp³-hybridized carbons (Fsp3) is 0.452. The van der Waals surface area contributed by atoms with Gasteiger partial charge in [0, 0.05) is 70.9 Å². The largest absolute Gasteiger partial charge is 0.494 e. The molecular weight excluding hydrogens is 616 g/mol. The summed E-state index contributed by atoms with van der Waals surface area (Å²) in [7, 11) is 2.21. The van der Waals surface area contributed by atoms with Gasteiger partial charge in [-0.25, -0.2) is 9.19 Å². The second-order valence-electron chi connectivity index (χ2n) is 11.4. The number of aromatic nitrogens is 2. The second kappa shape index (κ2) is 15.1. The summed E-state index contributed by atoms with van der Waals surface area (Å²) in [6, 6.07) is 13.6. The summed E-state index contributed by atoms with van der Waals surface area (Å²) < 4.78 is 19.5. The highest BCUT2D eigenvalue weighted by Crippen LogP contribution is 2.35. The van der Waals surface area contributed by atoms with Crippen LogP contribution in [0.1, 0.15) is 12.8 Å². The van der Waals surface area contributed by atoms with Gasteiger partial charge in [-0.05, 0) is 43.0 Å². The topological polar surface area (TPSA) is 126 Å². The van der Waals surface area contributed by atoms with E-state index in [2.05, 4.69) is 36.5 Å². The molecule has 12 nitrogen and oxygen atoms in total. The van der Waals surface area contributed by atoms with Crippen LogP contribution in [-0.2, 0) is 15.8 Å². The van der Waals surface area contributed by atoms with Crippen molar-refractivity contribution in [1.82, 2.24) is 19.8 Å². The fourth-order valence-corrected chi connectivity index (χ4v) is 6.37. The van der Waals surface area contributed by atoms with E-state index < -0.39 is 17.0 Å². The number of hydrogen-bond donors (Lipinski definition) is 3. The smallest absolute Gasteiger partial charge is 0.317 e. The number of benzene rings is 2. The maximum Gasteiger partial charge on any atom is 0.317 e. The number of hydrogen-bond acceptors (Lipinski definition) is 10. The SMILES string of the molecule is COc1cc(N2CCC(CN3CCN(CC(=O)O)CC3)CC2)ccc1Nc1ncc(Cl)c(Nc2ccccc2N(C)S(C)=O)n1. The van der Waals surface area contributed by atoms with Crippen molar-refractivity contribution in [3.05, 3.63) is 53.7 Å². The zero-order valence-corrected chi connectivity index (χ0v) is 27.5. The van der Waals surface area contributed by atoms with Crippen molar-refractivity contribution in [2.24, 2.45) is 5.92 Å². The van der Waals surface area contributed by atoms with E-state index in [4.69, 9.17) is 21.4 Å². The number of rotatable bonds is 12. The summed E-state index contributed by atoms with van der Waals surface area (Å²) in [6.45, 7) is 6.63. The number of anilines is 6. The van der Waals surface area contributed by atoms with Crippen molar-refractivity contribution < 1.29 is 18.8 Å². The molecule has 242 valence electrons. The van der Waals surface area contributed by atoms with Crippen LogP contribution in [-0.4, -0.2) is 108 Å². The van der Waals surface area contributed by atoms with Crippen LogP contribution < -0.4 is 24.6 Å². The van der Waals surface area contributed by atoms with Gasteiger partial charge in [-0.15, -0.1) is 0 Å². The van der Waals surface area contributed by atoms with E-state index in [9.17, 15) is 9.00 Å². The summed E-state index contributed by atoms with van der Waals surface area (Å²) in [5, 5.41) is 15.9. The van der Waals surface area contributed by atoms with Gasteiger partial charge in [0.2, 0.25) is 5.95 Å². The molecule has 2 aromatic carbocycles. The van der Waals surface area contributed by atoms with Gasteiger partial charge >= 0.3 is 5.97 Å². The number of aliphatic carboxylic acids is 1. The molecule has 0 spiro atoms. The molecule has 2 saturated heterocycles. The molecule has 2 fully saturated rings. The highest BCUT2D eigenvalue weighted by molar-refractivity contribution is 7.85. The van der Waals surface area contributed by atoms with E-state index in [1.165, 1.54) is 6.20 Å². The monoisotopic (exact) mass is 656 g/mol. The number of nitrogens with one attached hydrogen (secondary N) is 2. The number of nitrogens with zero attached hydrogens (tertiary/aromatic N) is 6. The van der Waals surface area contributed by atoms with Gasteiger partial charge in [-0.3, -0.25) is 14.0 Å². The van der Waals surface area contributed by atoms with Crippen LogP contribution in [0.25, 0.3) is 0 Å². The Labute approximate surface area is 271 Å². The van der Waals surface area contributed by atoms with Crippen LogP contribution in [0, 0.1) is 5.92 Å². The van der Waals surface area contributed by atoms with Gasteiger partial charge in [-0.2, -0.15) is 4.98 Å². The molecule has 0 radical (unpaired) electrons. The van der Waals surface area contributed by atoms with Gasteiger partial charge in [0.05, 0.1) is 36.9 Å². The van der Waals surface area contributed by atoms with Crippen molar-refractivity contribution in [3.63, 3.8) is 0 Å². The molecule has 3 aromatic rings. The molecule has 0 aliphatic carbocycles. The molecule has 45 heavy (non-hydrogen) atoms. The lowest BCUT2D eigenvalue weighted by Gasteiger charge is -2.39. The third kappa shape index (κ3) is 8.54. The minimum Gasteiger partial charge on any atom is -0.494 e. The number of piperazine rings is 1. The average molecular weight is 657 g/mol. The number of carboxylic acid groups (broad SMARTS) is 1. The Bertz CT molecular complexity index is 1500. The molecule has 1 atom stereocenters. The summed E-state index contributed by atoms with van der Waals surface area (Å²) >= 11 is 6.45. The molecule has 1 aromatic heterocycles. The van der Waals surface area contributed by atoms with E-state index >= 15 is 0 Å². The van der Waals surface area contributed by atoms with Gasteiger partial charge in [0.1, 0.15) is 21.8 Å². The third-order valence-electron chi connectivity index (χ3n) is 8.38. The average Bonchev–Trinajstić information content (AvgIpc) is 3.04. The highest BCUT2D eigenvalue weighted by Gasteiger charge is 2.25. The summed E-state index contributed by atoms with van der Waals surface area (Å²) in [6.07, 6.45) is 5.37. The number of ether oxygens (including phenoxy) is 1. The molecule has 3 N–H and O–H groups in total. The van der Waals surface area contributed by atoms with Crippen LogP contribution in [0.15, 0.2) is 48.7 Å². The molecule has 0 bridgehead atoms. The first-order valence-corrected chi connectivity index (χ1v) is 16.9. The minimum atomic E-state index is -1.20. The zero-order chi connectivity index (χ0) is 31.9. The normalized spacial score (nSPS) is 17.1. The first kappa shape index (κ1) is 32.7. The van der Waals surface area contributed by atoms with Gasteiger partial charge in [0.25, 0.3) is 0 Å². The number of methoxy groups -OCH3 is 1. The van der Waals surface area contributed by atoms with Crippen LogP contribution in [0.2, 0.25) is 5.02 Å². The van der Waals surface area contributed by atoms with Crippen molar-refractivity contribution in [1.29, 1.82) is 0 Å². The van der Waals surface area contributed by atoms with Crippen LogP contribution >= 0.6 is 11.6 Å². The van der Waals surface area contributed by atoms with Crippen molar-refractivity contribution in [2.75, 3.05) is 92.6 Å². The maximum atomic E-state index is 12.1. The van der Waals surface area contributed by atoms with Gasteiger partial charge in [0.15, 0.2) is 5.82 Å². The number of carbonyl (C=O) groups is 1. The predicted octanol–water partition coefficient (Wildman–Crippen LogP) is 4.27. The fourth-order valence-electron chi connectivity index (χ4n) is 5.80. The Balaban J connectivity index is 1.19. The van der Waals surface area contributed by atoms with Crippen molar-refractivity contribution in [2.45, 2.75) is 12.8 Å². The Hall–Kier alpha value is -3.65. The minimum absolute atomic E-state index is 0.131. The Morgan fingerprint density at radius 2 is 1.78 bits per heavy atom. The van der Waals surface area contributed by atoms with E-state index in [1.807, 2.05) is 41.3 Å². The van der Waals surface area contributed by atoms with Crippen LogP contribution in [0.3, 0.4) is 0 Å². The first-order valence-electron chi connectivity index (χ1n) is 15.0. The number of para-hydroxylation sites is 2.